The molecule has 0 fully saturated rings. The van der Waals surface area contributed by atoms with E-state index in [1.807, 2.05) is 0 Å². The molecular weight excluding hydrogens is 260 g/mol. The van der Waals surface area contributed by atoms with Gasteiger partial charge in [0.05, 0.1) is 7.11 Å². The lowest BCUT2D eigenvalue weighted by molar-refractivity contribution is -0.120. The van der Waals surface area contributed by atoms with E-state index in [1.54, 1.807) is 45.0 Å². The second kappa shape index (κ2) is 6.27. The molecule has 2 amide bonds. The lowest BCUT2D eigenvalue weighted by Crippen LogP contribution is -2.40. The molecule has 1 unspecified atom stereocenters. The highest BCUT2D eigenvalue weighted by Crippen LogP contribution is 2.24. The second-order valence-corrected chi connectivity index (χ2v) is 5.22. The monoisotopic (exact) mass is 280 g/mol. The van der Waals surface area contributed by atoms with E-state index in [0.717, 1.165) is 0 Å². The first-order chi connectivity index (χ1) is 9.24. The molecule has 0 bridgehead atoms. The number of ether oxygens (including phenoxy) is 2. The molecule has 0 saturated carbocycles. The van der Waals surface area contributed by atoms with Crippen LogP contribution < -0.4 is 15.8 Å². The van der Waals surface area contributed by atoms with Gasteiger partial charge in [-0.3, -0.25) is 4.79 Å². The highest BCUT2D eigenvalue weighted by atomic mass is 16.6. The van der Waals surface area contributed by atoms with Crippen LogP contribution in [0.1, 0.15) is 32.4 Å². The summed E-state index contributed by atoms with van der Waals surface area (Å²) in [6, 6.07) is 5.81. The molecule has 1 aromatic carbocycles. The fourth-order valence-electron chi connectivity index (χ4n) is 1.63. The number of hydrogen-bond donors (Lipinski definition) is 2. The first kappa shape index (κ1) is 15.8. The average molecular weight is 280 g/mol. The van der Waals surface area contributed by atoms with Crippen molar-refractivity contribution in [2.75, 3.05) is 7.11 Å². The molecule has 0 heterocycles. The van der Waals surface area contributed by atoms with Crippen LogP contribution in [0.5, 0.6) is 5.75 Å². The molecule has 0 spiro atoms. The molecule has 0 aliphatic rings. The quantitative estimate of drug-likeness (QED) is 0.879. The Balaban J connectivity index is 2.96. The average Bonchev–Trinajstić information content (AvgIpc) is 2.33. The molecule has 1 rings (SSSR count). The number of amides is 2. The largest absolute Gasteiger partial charge is 0.496 e. The van der Waals surface area contributed by atoms with Crippen LogP contribution in [0.15, 0.2) is 24.3 Å². The zero-order valence-electron chi connectivity index (χ0n) is 12.1. The molecule has 3 N–H and O–H groups in total. The van der Waals surface area contributed by atoms with Gasteiger partial charge in [0, 0.05) is 5.56 Å². The number of primary amides is 1. The van der Waals surface area contributed by atoms with Gasteiger partial charge in [0.25, 0.3) is 0 Å². The second-order valence-electron chi connectivity index (χ2n) is 5.22. The molecule has 0 aromatic heterocycles. The fraction of sp³-hybridized carbons (Fsp3) is 0.429. The number of hydrogen-bond acceptors (Lipinski definition) is 4. The summed E-state index contributed by atoms with van der Waals surface area (Å²) in [5.74, 6) is -0.229. The lowest BCUT2D eigenvalue weighted by Gasteiger charge is -2.23. The van der Waals surface area contributed by atoms with E-state index >= 15 is 0 Å². The minimum atomic E-state index is -1.01. The van der Waals surface area contributed by atoms with Crippen LogP contribution in [0.2, 0.25) is 0 Å². The molecule has 0 aliphatic carbocycles. The number of benzene rings is 1. The lowest BCUT2D eigenvalue weighted by atomic mass is 10.1. The number of carbonyl (C=O) groups is 2. The Morgan fingerprint density at radius 1 is 1.25 bits per heavy atom. The van der Waals surface area contributed by atoms with Gasteiger partial charge in [-0.1, -0.05) is 18.2 Å². The van der Waals surface area contributed by atoms with Crippen molar-refractivity contribution in [2.24, 2.45) is 5.73 Å². The van der Waals surface area contributed by atoms with Crippen molar-refractivity contribution < 1.29 is 19.1 Å². The molecule has 0 saturated heterocycles. The Morgan fingerprint density at radius 2 is 1.85 bits per heavy atom. The summed E-state index contributed by atoms with van der Waals surface area (Å²) < 4.78 is 10.3. The highest BCUT2D eigenvalue weighted by Gasteiger charge is 2.26. The Bertz CT molecular complexity index is 494. The van der Waals surface area contributed by atoms with Crippen LogP contribution in [0, 0.1) is 0 Å². The zero-order chi connectivity index (χ0) is 15.3. The Labute approximate surface area is 118 Å². The van der Waals surface area contributed by atoms with Crippen molar-refractivity contribution in [1.29, 1.82) is 0 Å². The predicted molar refractivity (Wildman–Crippen MR) is 74.3 cm³/mol. The maximum Gasteiger partial charge on any atom is 0.408 e. The summed E-state index contributed by atoms with van der Waals surface area (Å²) >= 11 is 0. The van der Waals surface area contributed by atoms with Crippen LogP contribution in [-0.2, 0) is 9.53 Å². The van der Waals surface area contributed by atoms with Crippen LogP contribution in [0.3, 0.4) is 0 Å². The van der Waals surface area contributed by atoms with E-state index < -0.39 is 23.6 Å². The maximum absolute atomic E-state index is 11.8. The summed E-state index contributed by atoms with van der Waals surface area (Å²) in [5, 5.41) is 2.45. The van der Waals surface area contributed by atoms with Crippen molar-refractivity contribution in [1.82, 2.24) is 5.32 Å². The van der Waals surface area contributed by atoms with Gasteiger partial charge in [0.15, 0.2) is 0 Å². The topological polar surface area (TPSA) is 90.7 Å². The number of nitrogens with one attached hydrogen (secondary N) is 1. The van der Waals surface area contributed by atoms with Crippen LogP contribution in [0.25, 0.3) is 0 Å². The van der Waals surface area contributed by atoms with Gasteiger partial charge < -0.3 is 20.5 Å². The first-order valence-corrected chi connectivity index (χ1v) is 6.16. The molecular formula is C14H20N2O4. The van der Waals surface area contributed by atoms with Gasteiger partial charge in [-0.2, -0.15) is 0 Å². The van der Waals surface area contributed by atoms with E-state index in [2.05, 4.69) is 5.32 Å². The van der Waals surface area contributed by atoms with Gasteiger partial charge in [-0.15, -0.1) is 0 Å². The molecule has 0 radical (unpaired) electrons. The van der Waals surface area contributed by atoms with Gasteiger partial charge in [0.1, 0.15) is 17.4 Å². The van der Waals surface area contributed by atoms with E-state index in [0.29, 0.717) is 11.3 Å². The summed E-state index contributed by atoms with van der Waals surface area (Å²) in [5.41, 5.74) is 5.16. The summed E-state index contributed by atoms with van der Waals surface area (Å²) in [7, 11) is 1.48. The first-order valence-electron chi connectivity index (χ1n) is 6.16. The predicted octanol–water partition coefficient (Wildman–Crippen LogP) is 1.75. The van der Waals surface area contributed by atoms with Crippen molar-refractivity contribution in [3.8, 4) is 5.75 Å². The van der Waals surface area contributed by atoms with Gasteiger partial charge in [-0.05, 0) is 26.8 Å². The molecule has 6 heteroatoms. The van der Waals surface area contributed by atoms with Gasteiger partial charge >= 0.3 is 6.09 Å². The van der Waals surface area contributed by atoms with E-state index in [1.165, 1.54) is 7.11 Å². The highest BCUT2D eigenvalue weighted by molar-refractivity contribution is 5.86. The third-order valence-corrected chi connectivity index (χ3v) is 2.40. The van der Waals surface area contributed by atoms with Crippen molar-refractivity contribution in [3.05, 3.63) is 29.8 Å². The van der Waals surface area contributed by atoms with Gasteiger partial charge in [-0.25, -0.2) is 4.79 Å². The number of rotatable bonds is 4. The molecule has 0 aliphatic heterocycles. The van der Waals surface area contributed by atoms with Crippen LogP contribution in [-0.4, -0.2) is 24.7 Å². The fourth-order valence-corrected chi connectivity index (χ4v) is 1.63. The van der Waals surface area contributed by atoms with E-state index in [-0.39, 0.29) is 0 Å². The molecule has 1 aromatic rings. The Morgan fingerprint density at radius 3 is 2.35 bits per heavy atom. The normalized spacial score (nSPS) is 12.4. The molecule has 1 atom stereocenters. The van der Waals surface area contributed by atoms with E-state index in [4.69, 9.17) is 15.2 Å². The number of alkyl carbamates (subject to hydrolysis) is 1. The van der Waals surface area contributed by atoms with Crippen LogP contribution >= 0.6 is 0 Å². The summed E-state index contributed by atoms with van der Waals surface area (Å²) in [6.07, 6.45) is -0.716. The Hall–Kier alpha value is -2.24. The molecule has 110 valence electrons. The smallest absolute Gasteiger partial charge is 0.408 e. The minimum absolute atomic E-state index is 0.465. The van der Waals surface area contributed by atoms with Crippen molar-refractivity contribution in [3.63, 3.8) is 0 Å². The van der Waals surface area contributed by atoms with E-state index in [9.17, 15) is 9.59 Å². The standard InChI is InChI=1S/C14H20N2O4/c1-14(2,3)20-13(18)16-11(12(15)17)9-7-5-6-8-10(9)19-4/h5-8,11H,1-4H3,(H2,15,17)(H,16,18). The SMILES string of the molecule is COc1ccccc1C(NC(=O)OC(C)(C)C)C(N)=O. The van der Waals surface area contributed by atoms with Crippen molar-refractivity contribution >= 4 is 12.0 Å². The molecule has 6 nitrogen and oxygen atoms in total. The minimum Gasteiger partial charge on any atom is -0.496 e. The number of carbonyl (C=O) groups excluding carboxylic acids is 2. The number of nitrogens with two attached hydrogens (primary N) is 1. The Kier molecular flexibility index (Phi) is 4.96. The van der Waals surface area contributed by atoms with Gasteiger partial charge in [0.2, 0.25) is 5.91 Å². The summed E-state index contributed by atoms with van der Waals surface area (Å²) in [6.45, 7) is 5.19. The number of para-hydroxylation sites is 1. The zero-order valence-corrected chi connectivity index (χ0v) is 12.1. The number of methoxy groups -OCH3 is 1. The van der Waals surface area contributed by atoms with Crippen LogP contribution in [0.4, 0.5) is 4.79 Å². The van der Waals surface area contributed by atoms with Crippen molar-refractivity contribution in [2.45, 2.75) is 32.4 Å². The molecule has 20 heavy (non-hydrogen) atoms. The third-order valence-electron chi connectivity index (χ3n) is 2.40. The maximum atomic E-state index is 11.8. The summed E-state index contributed by atoms with van der Waals surface area (Å²) in [4.78, 5) is 23.3. The third kappa shape index (κ3) is 4.46.